The zero-order valence-electron chi connectivity index (χ0n) is 8.97. The molecule has 0 aliphatic rings. The van der Waals surface area contributed by atoms with Gasteiger partial charge in [0, 0.05) is 17.9 Å². The summed E-state index contributed by atoms with van der Waals surface area (Å²) in [7, 11) is 0. The summed E-state index contributed by atoms with van der Waals surface area (Å²) >= 11 is 0. The van der Waals surface area contributed by atoms with Gasteiger partial charge in [0.05, 0.1) is 0 Å². The molecule has 0 atom stereocenters. The molecule has 5 heteroatoms. The number of hydrogen-bond donors (Lipinski definition) is 2. The second-order valence-corrected chi connectivity index (χ2v) is 3.63. The summed E-state index contributed by atoms with van der Waals surface area (Å²) in [5.41, 5.74) is 4.80. The molecule has 3 N–H and O–H groups in total. The van der Waals surface area contributed by atoms with Crippen molar-refractivity contribution in [2.45, 2.75) is 6.42 Å². The molecule has 0 radical (unpaired) electrons. The lowest BCUT2D eigenvalue weighted by atomic mass is 10.1. The number of nitrogens with two attached hydrogens (primary N) is 1. The first kappa shape index (κ1) is 11.3. The van der Waals surface area contributed by atoms with E-state index in [9.17, 15) is 14.7 Å². The highest BCUT2D eigenvalue weighted by Gasteiger charge is 2.12. The summed E-state index contributed by atoms with van der Waals surface area (Å²) in [5, 5.41) is 9.82. The van der Waals surface area contributed by atoms with Crippen LogP contribution in [0.25, 0.3) is 11.0 Å². The Bertz CT molecular complexity index is 630. The minimum atomic E-state index is -0.707. The second kappa shape index (κ2) is 4.39. The van der Waals surface area contributed by atoms with Gasteiger partial charge in [0.15, 0.2) is 5.78 Å². The van der Waals surface area contributed by atoms with Crippen LogP contribution in [0.5, 0.6) is 5.75 Å². The van der Waals surface area contributed by atoms with Crippen LogP contribution in [0.15, 0.2) is 33.5 Å². The number of fused-ring (bicyclic) bond motifs is 1. The predicted molar refractivity (Wildman–Crippen MR) is 62.2 cm³/mol. The Morgan fingerprint density at radius 1 is 1.35 bits per heavy atom. The number of benzene rings is 1. The maximum absolute atomic E-state index is 11.6. The molecule has 0 saturated carbocycles. The van der Waals surface area contributed by atoms with Gasteiger partial charge in [-0.05, 0) is 24.7 Å². The van der Waals surface area contributed by atoms with Crippen molar-refractivity contribution >= 4 is 16.8 Å². The molecule has 0 bridgehead atoms. The first-order valence-electron chi connectivity index (χ1n) is 5.12. The first-order chi connectivity index (χ1) is 8.11. The maximum atomic E-state index is 11.6. The number of carbonyl (C=O) groups excluding carboxylic acids is 1. The number of phenols is 1. The molecule has 0 unspecified atom stereocenters. The quantitative estimate of drug-likeness (QED) is 0.610. The third kappa shape index (κ3) is 2.19. The van der Waals surface area contributed by atoms with Crippen LogP contribution in [0.2, 0.25) is 0 Å². The SMILES string of the molecule is NCCC(=O)c1cc2ccc(O)cc2oc1=O. The Hall–Kier alpha value is -2.14. The van der Waals surface area contributed by atoms with Gasteiger partial charge in [-0.1, -0.05) is 0 Å². The van der Waals surface area contributed by atoms with E-state index >= 15 is 0 Å². The van der Waals surface area contributed by atoms with E-state index in [0.717, 1.165) is 0 Å². The van der Waals surface area contributed by atoms with Crippen molar-refractivity contribution in [1.82, 2.24) is 0 Å². The molecule has 88 valence electrons. The van der Waals surface area contributed by atoms with Crippen LogP contribution in [0, 0.1) is 0 Å². The molecule has 2 rings (SSSR count). The Kier molecular flexibility index (Phi) is 2.93. The molecule has 0 aliphatic carbocycles. The van der Waals surface area contributed by atoms with Gasteiger partial charge in [0.1, 0.15) is 16.9 Å². The lowest BCUT2D eigenvalue weighted by molar-refractivity contribution is 0.0982. The molecule has 0 saturated heterocycles. The molecule has 17 heavy (non-hydrogen) atoms. The van der Waals surface area contributed by atoms with Gasteiger partial charge in [0.25, 0.3) is 0 Å². The van der Waals surface area contributed by atoms with Crippen molar-refractivity contribution in [2.75, 3.05) is 6.54 Å². The average Bonchev–Trinajstić information content (AvgIpc) is 2.28. The molecule has 0 fully saturated rings. The lowest BCUT2D eigenvalue weighted by Crippen LogP contribution is -2.16. The molecule has 0 spiro atoms. The molecule has 0 aliphatic heterocycles. The van der Waals surface area contributed by atoms with Gasteiger partial charge < -0.3 is 15.3 Å². The highest BCUT2D eigenvalue weighted by Crippen LogP contribution is 2.19. The van der Waals surface area contributed by atoms with E-state index in [2.05, 4.69) is 0 Å². The summed E-state index contributed by atoms with van der Waals surface area (Å²) in [4.78, 5) is 23.1. The van der Waals surface area contributed by atoms with Crippen molar-refractivity contribution in [3.8, 4) is 5.75 Å². The van der Waals surface area contributed by atoms with E-state index in [4.69, 9.17) is 10.2 Å². The lowest BCUT2D eigenvalue weighted by Gasteiger charge is -2.01. The molecular weight excluding hydrogens is 222 g/mol. The fraction of sp³-hybridized carbons (Fsp3) is 0.167. The van der Waals surface area contributed by atoms with E-state index in [0.29, 0.717) is 5.39 Å². The molecule has 1 heterocycles. The Morgan fingerprint density at radius 2 is 2.12 bits per heavy atom. The number of aromatic hydroxyl groups is 1. The number of Topliss-reactive ketones (excluding diaryl/α,β-unsaturated/α-hetero) is 1. The molecule has 1 aromatic carbocycles. The van der Waals surface area contributed by atoms with E-state index in [1.54, 1.807) is 6.07 Å². The standard InChI is InChI=1S/C12H11NO4/c13-4-3-10(15)9-5-7-1-2-8(14)6-11(7)17-12(9)16/h1-2,5-6,14H,3-4,13H2. The van der Waals surface area contributed by atoms with Crippen LogP contribution in [-0.4, -0.2) is 17.4 Å². The van der Waals surface area contributed by atoms with Crippen LogP contribution in [-0.2, 0) is 0 Å². The van der Waals surface area contributed by atoms with Gasteiger partial charge in [-0.25, -0.2) is 4.79 Å². The van der Waals surface area contributed by atoms with Crippen molar-refractivity contribution in [2.24, 2.45) is 5.73 Å². The van der Waals surface area contributed by atoms with E-state index in [1.807, 2.05) is 0 Å². The van der Waals surface area contributed by atoms with Crippen LogP contribution in [0.3, 0.4) is 0 Å². The summed E-state index contributed by atoms with van der Waals surface area (Å²) in [6.45, 7) is 0.186. The highest BCUT2D eigenvalue weighted by molar-refractivity contribution is 5.98. The molecular formula is C12H11NO4. The van der Waals surface area contributed by atoms with Crippen LogP contribution in [0.1, 0.15) is 16.8 Å². The Labute approximate surface area is 96.5 Å². The number of rotatable bonds is 3. The number of carbonyl (C=O) groups is 1. The predicted octanol–water partition coefficient (Wildman–Crippen LogP) is 1.03. The minimum absolute atomic E-state index is 0.00156. The maximum Gasteiger partial charge on any atom is 0.347 e. The van der Waals surface area contributed by atoms with E-state index < -0.39 is 5.63 Å². The number of hydrogen-bond acceptors (Lipinski definition) is 5. The Morgan fingerprint density at radius 3 is 2.82 bits per heavy atom. The van der Waals surface area contributed by atoms with Crippen molar-refractivity contribution < 1.29 is 14.3 Å². The summed E-state index contributed by atoms with van der Waals surface area (Å²) < 4.78 is 4.96. The van der Waals surface area contributed by atoms with Gasteiger partial charge in [-0.2, -0.15) is 0 Å². The third-order valence-corrected chi connectivity index (χ3v) is 2.39. The molecule has 2 aromatic rings. The van der Waals surface area contributed by atoms with Crippen molar-refractivity contribution in [3.05, 3.63) is 40.2 Å². The second-order valence-electron chi connectivity index (χ2n) is 3.63. The van der Waals surface area contributed by atoms with Gasteiger partial charge in [-0.15, -0.1) is 0 Å². The molecule has 5 nitrogen and oxygen atoms in total. The van der Waals surface area contributed by atoms with Crippen LogP contribution < -0.4 is 11.4 Å². The normalized spacial score (nSPS) is 10.6. The average molecular weight is 233 g/mol. The summed E-state index contributed by atoms with van der Waals surface area (Å²) in [6, 6.07) is 5.82. The summed E-state index contributed by atoms with van der Waals surface area (Å²) in [5.74, 6) is -0.335. The molecule has 1 aromatic heterocycles. The topological polar surface area (TPSA) is 93.5 Å². The van der Waals surface area contributed by atoms with E-state index in [-0.39, 0.29) is 35.6 Å². The third-order valence-electron chi connectivity index (χ3n) is 2.39. The minimum Gasteiger partial charge on any atom is -0.508 e. The van der Waals surface area contributed by atoms with E-state index in [1.165, 1.54) is 18.2 Å². The van der Waals surface area contributed by atoms with Crippen molar-refractivity contribution in [3.63, 3.8) is 0 Å². The van der Waals surface area contributed by atoms with Gasteiger partial charge in [-0.3, -0.25) is 4.79 Å². The first-order valence-corrected chi connectivity index (χ1v) is 5.12. The van der Waals surface area contributed by atoms with Crippen LogP contribution >= 0.6 is 0 Å². The fourth-order valence-corrected chi connectivity index (χ4v) is 1.56. The zero-order chi connectivity index (χ0) is 12.4. The van der Waals surface area contributed by atoms with Gasteiger partial charge >= 0.3 is 5.63 Å². The molecule has 0 amide bonds. The largest absolute Gasteiger partial charge is 0.508 e. The van der Waals surface area contributed by atoms with Crippen LogP contribution in [0.4, 0.5) is 0 Å². The Balaban J connectivity index is 2.60. The number of ketones is 1. The highest BCUT2D eigenvalue weighted by atomic mass is 16.4. The van der Waals surface area contributed by atoms with Gasteiger partial charge in [0.2, 0.25) is 0 Å². The summed E-state index contributed by atoms with van der Waals surface area (Å²) in [6.07, 6.45) is 0.106. The number of phenolic OH excluding ortho intramolecular Hbond substituents is 1. The monoisotopic (exact) mass is 233 g/mol. The van der Waals surface area contributed by atoms with Crippen molar-refractivity contribution in [1.29, 1.82) is 0 Å². The smallest absolute Gasteiger partial charge is 0.347 e. The fourth-order valence-electron chi connectivity index (χ4n) is 1.56. The zero-order valence-corrected chi connectivity index (χ0v) is 8.97.